The first-order valence-corrected chi connectivity index (χ1v) is 11.3. The number of benzene rings is 1. The Kier molecular flexibility index (Phi) is 6.79. The van der Waals surface area contributed by atoms with Gasteiger partial charge in [0, 0.05) is 37.4 Å². The van der Waals surface area contributed by atoms with Crippen LogP contribution in [0, 0.1) is 5.41 Å². The van der Waals surface area contributed by atoms with E-state index < -0.39 is 0 Å². The lowest BCUT2D eigenvalue weighted by Crippen LogP contribution is -2.53. The first-order valence-electron chi connectivity index (χ1n) is 11.3. The van der Waals surface area contributed by atoms with E-state index in [0.717, 1.165) is 12.0 Å². The molecule has 27 heavy (non-hydrogen) atoms. The van der Waals surface area contributed by atoms with Gasteiger partial charge in [-0.1, -0.05) is 44.9 Å². The molecule has 0 aromatic heterocycles. The Morgan fingerprint density at radius 1 is 0.963 bits per heavy atom. The average molecular weight is 391 g/mol. The fourth-order valence-corrected chi connectivity index (χ4v) is 5.76. The highest BCUT2D eigenvalue weighted by molar-refractivity contribution is 5.85. The van der Waals surface area contributed by atoms with Crippen LogP contribution in [0.5, 0.6) is 0 Å². The molecule has 2 saturated carbocycles. The maximum absolute atomic E-state index is 2.76. The van der Waals surface area contributed by atoms with E-state index in [2.05, 4.69) is 54.8 Å². The molecule has 1 aromatic carbocycles. The number of rotatable bonds is 5. The van der Waals surface area contributed by atoms with Crippen LogP contribution in [-0.4, -0.2) is 36.6 Å². The molecule has 1 unspecified atom stereocenters. The minimum Gasteiger partial charge on any atom is -0.368 e. The van der Waals surface area contributed by atoms with Gasteiger partial charge in [0.25, 0.3) is 0 Å². The minimum absolute atomic E-state index is 0. The lowest BCUT2D eigenvalue weighted by atomic mass is 9.66. The van der Waals surface area contributed by atoms with E-state index in [4.69, 9.17) is 0 Å². The fraction of sp³-hybridized carbons (Fsp3) is 0.750. The summed E-state index contributed by atoms with van der Waals surface area (Å²) in [6.07, 6.45) is 11.2. The Morgan fingerprint density at radius 2 is 1.63 bits per heavy atom. The summed E-state index contributed by atoms with van der Waals surface area (Å²) in [6.45, 7) is 10.9. The van der Waals surface area contributed by atoms with E-state index in [0.29, 0.717) is 11.5 Å². The predicted molar refractivity (Wildman–Crippen MR) is 119 cm³/mol. The monoisotopic (exact) mass is 390 g/mol. The second-order valence-electron chi connectivity index (χ2n) is 9.30. The number of halogens is 1. The van der Waals surface area contributed by atoms with Gasteiger partial charge in [-0.3, -0.25) is 4.90 Å². The summed E-state index contributed by atoms with van der Waals surface area (Å²) in [5.41, 5.74) is 3.82. The lowest BCUT2D eigenvalue weighted by molar-refractivity contribution is 0.159. The van der Waals surface area contributed by atoms with Gasteiger partial charge in [0.2, 0.25) is 0 Å². The van der Waals surface area contributed by atoms with Crippen LogP contribution < -0.4 is 4.90 Å². The molecule has 0 bridgehead atoms. The SMILES string of the molecule is CCC1(CC)CCC(c2ccccc2N2CCN(C3CC3)C(C)C2)CC1.Cl. The van der Waals surface area contributed by atoms with Crippen molar-refractivity contribution in [2.45, 2.75) is 90.1 Å². The number of hydrogen-bond donors (Lipinski definition) is 0. The van der Waals surface area contributed by atoms with E-state index in [9.17, 15) is 0 Å². The highest BCUT2D eigenvalue weighted by Gasteiger charge is 2.37. The van der Waals surface area contributed by atoms with Gasteiger partial charge in [0.15, 0.2) is 0 Å². The molecule has 1 atom stereocenters. The third kappa shape index (κ3) is 4.32. The number of hydrogen-bond acceptors (Lipinski definition) is 2. The van der Waals surface area contributed by atoms with Gasteiger partial charge in [0.1, 0.15) is 0 Å². The van der Waals surface area contributed by atoms with Crippen LogP contribution in [0.15, 0.2) is 24.3 Å². The smallest absolute Gasteiger partial charge is 0.0402 e. The molecule has 152 valence electrons. The maximum atomic E-state index is 2.76. The first kappa shape index (κ1) is 21.0. The molecule has 1 saturated heterocycles. The standard InChI is InChI=1S/C24H38N2.ClH/c1-4-24(5-2)14-12-20(13-15-24)22-8-6-7-9-23(22)25-16-17-26(19(3)18-25)21-10-11-21;/h6-9,19-21H,4-5,10-18H2,1-3H3;1H. The molecule has 0 spiro atoms. The molecule has 0 amide bonds. The zero-order chi connectivity index (χ0) is 18.1. The van der Waals surface area contributed by atoms with Crippen molar-refractivity contribution in [3.63, 3.8) is 0 Å². The maximum Gasteiger partial charge on any atom is 0.0402 e. The summed E-state index contributed by atoms with van der Waals surface area (Å²) in [5, 5.41) is 0. The molecule has 0 N–H and O–H groups in total. The summed E-state index contributed by atoms with van der Waals surface area (Å²) >= 11 is 0. The van der Waals surface area contributed by atoms with Crippen molar-refractivity contribution in [1.29, 1.82) is 0 Å². The van der Waals surface area contributed by atoms with Crippen molar-refractivity contribution >= 4 is 18.1 Å². The van der Waals surface area contributed by atoms with E-state index in [1.807, 2.05) is 0 Å². The molecule has 0 radical (unpaired) electrons. The summed E-state index contributed by atoms with van der Waals surface area (Å²) in [4.78, 5) is 5.46. The van der Waals surface area contributed by atoms with Crippen molar-refractivity contribution < 1.29 is 0 Å². The first-order chi connectivity index (χ1) is 12.7. The summed E-state index contributed by atoms with van der Waals surface area (Å²) < 4.78 is 0. The third-order valence-corrected chi connectivity index (χ3v) is 7.96. The molecular formula is C24H39ClN2. The van der Waals surface area contributed by atoms with Gasteiger partial charge >= 0.3 is 0 Å². The van der Waals surface area contributed by atoms with Gasteiger partial charge in [-0.05, 0) is 68.4 Å². The van der Waals surface area contributed by atoms with Gasteiger partial charge in [-0.25, -0.2) is 0 Å². The van der Waals surface area contributed by atoms with Crippen LogP contribution in [0.25, 0.3) is 0 Å². The summed E-state index contributed by atoms with van der Waals surface area (Å²) in [6, 6.07) is 11.0. The minimum atomic E-state index is 0. The quantitative estimate of drug-likeness (QED) is 0.586. The van der Waals surface area contributed by atoms with E-state index >= 15 is 0 Å². The molecule has 1 aliphatic heterocycles. The molecule has 4 rings (SSSR count). The van der Waals surface area contributed by atoms with E-state index in [1.165, 1.54) is 71.0 Å². The van der Waals surface area contributed by atoms with Crippen molar-refractivity contribution in [2.75, 3.05) is 24.5 Å². The second-order valence-corrected chi connectivity index (χ2v) is 9.30. The van der Waals surface area contributed by atoms with E-state index in [1.54, 1.807) is 11.3 Å². The summed E-state index contributed by atoms with van der Waals surface area (Å²) in [7, 11) is 0. The molecular weight excluding hydrogens is 352 g/mol. The number of nitrogens with zero attached hydrogens (tertiary/aromatic N) is 2. The van der Waals surface area contributed by atoms with Crippen LogP contribution in [0.4, 0.5) is 5.69 Å². The van der Waals surface area contributed by atoms with Crippen molar-refractivity contribution in [3.05, 3.63) is 29.8 Å². The van der Waals surface area contributed by atoms with Gasteiger partial charge in [-0.15, -0.1) is 12.4 Å². The Labute approximate surface area is 173 Å². The van der Waals surface area contributed by atoms with Gasteiger partial charge in [0.05, 0.1) is 0 Å². The topological polar surface area (TPSA) is 6.48 Å². The third-order valence-electron chi connectivity index (χ3n) is 7.96. The predicted octanol–water partition coefficient (Wildman–Crippen LogP) is 6.25. The molecule has 2 aliphatic carbocycles. The second kappa shape index (κ2) is 8.74. The highest BCUT2D eigenvalue weighted by Crippen LogP contribution is 2.48. The van der Waals surface area contributed by atoms with Crippen LogP contribution in [0.3, 0.4) is 0 Å². The molecule has 1 heterocycles. The fourth-order valence-electron chi connectivity index (χ4n) is 5.76. The molecule has 1 aromatic rings. The Balaban J connectivity index is 0.00000210. The number of anilines is 1. The van der Waals surface area contributed by atoms with Crippen LogP contribution >= 0.6 is 12.4 Å². The van der Waals surface area contributed by atoms with E-state index in [-0.39, 0.29) is 12.4 Å². The lowest BCUT2D eigenvalue weighted by Gasteiger charge is -2.43. The molecule has 3 fully saturated rings. The largest absolute Gasteiger partial charge is 0.368 e. The normalized spacial score (nSPS) is 26.6. The number of piperazine rings is 1. The van der Waals surface area contributed by atoms with Crippen molar-refractivity contribution in [3.8, 4) is 0 Å². The van der Waals surface area contributed by atoms with Crippen molar-refractivity contribution in [1.82, 2.24) is 4.90 Å². The zero-order valence-corrected chi connectivity index (χ0v) is 18.4. The molecule has 3 aliphatic rings. The average Bonchev–Trinajstić information content (AvgIpc) is 3.53. The van der Waals surface area contributed by atoms with Crippen molar-refractivity contribution in [2.24, 2.45) is 5.41 Å². The Bertz CT molecular complexity index is 598. The highest BCUT2D eigenvalue weighted by atomic mass is 35.5. The number of para-hydroxylation sites is 1. The van der Waals surface area contributed by atoms with Gasteiger partial charge < -0.3 is 4.90 Å². The zero-order valence-electron chi connectivity index (χ0n) is 17.6. The Hall–Kier alpha value is -0.730. The van der Waals surface area contributed by atoms with Crippen LogP contribution in [-0.2, 0) is 0 Å². The Morgan fingerprint density at radius 3 is 2.22 bits per heavy atom. The van der Waals surface area contributed by atoms with Crippen LogP contribution in [0.2, 0.25) is 0 Å². The molecule has 3 heteroatoms. The molecule has 2 nitrogen and oxygen atoms in total. The van der Waals surface area contributed by atoms with Crippen LogP contribution in [0.1, 0.15) is 83.6 Å². The summed E-state index contributed by atoms with van der Waals surface area (Å²) in [5.74, 6) is 0.772. The van der Waals surface area contributed by atoms with Gasteiger partial charge in [-0.2, -0.15) is 0 Å².